The molecular formula is C20H19ClF2O4S. The molecule has 28 heavy (non-hydrogen) atoms. The van der Waals surface area contributed by atoms with Gasteiger partial charge in [-0.2, -0.15) is 0 Å². The first-order valence-corrected chi connectivity index (χ1v) is 10.8. The summed E-state index contributed by atoms with van der Waals surface area (Å²) in [6, 6.07) is 7.64. The molecule has 0 radical (unpaired) electrons. The average Bonchev–Trinajstić information content (AvgIpc) is 2.69. The van der Waals surface area contributed by atoms with Crippen LogP contribution >= 0.6 is 11.6 Å². The predicted octanol–water partition coefficient (Wildman–Crippen LogP) is 4.49. The summed E-state index contributed by atoms with van der Waals surface area (Å²) < 4.78 is 66.7. The van der Waals surface area contributed by atoms with Crippen LogP contribution < -0.4 is 4.74 Å². The van der Waals surface area contributed by atoms with E-state index in [-0.39, 0.29) is 29.2 Å². The number of hydrogen-bond donors (Lipinski definition) is 0. The molecule has 0 saturated heterocycles. The minimum Gasteiger partial charge on any atom is -0.490 e. The van der Waals surface area contributed by atoms with E-state index < -0.39 is 38.2 Å². The Morgan fingerprint density at radius 2 is 1.82 bits per heavy atom. The SMILES string of the molecule is CO[C@H]1CCC[C@]2(S(=O)(=O)c3ccc(Cl)cc3)c3c(F)ccc(F)c3OC[C@H]12. The molecule has 1 heterocycles. The maximum absolute atomic E-state index is 15.0. The molecule has 1 aliphatic heterocycles. The van der Waals surface area contributed by atoms with E-state index in [2.05, 4.69) is 0 Å². The first-order chi connectivity index (χ1) is 13.3. The number of rotatable bonds is 3. The monoisotopic (exact) mass is 428 g/mol. The Kier molecular flexibility index (Phi) is 4.88. The Hall–Kier alpha value is -1.70. The van der Waals surface area contributed by atoms with Gasteiger partial charge in [0, 0.05) is 18.1 Å². The van der Waals surface area contributed by atoms with Gasteiger partial charge in [-0.15, -0.1) is 0 Å². The van der Waals surface area contributed by atoms with E-state index >= 15 is 4.39 Å². The Labute approximate surface area is 167 Å². The van der Waals surface area contributed by atoms with Crippen LogP contribution in [-0.4, -0.2) is 28.2 Å². The highest BCUT2D eigenvalue weighted by molar-refractivity contribution is 7.92. The molecule has 0 bridgehead atoms. The predicted molar refractivity (Wildman–Crippen MR) is 100 cm³/mol. The van der Waals surface area contributed by atoms with Gasteiger partial charge in [0.2, 0.25) is 0 Å². The zero-order valence-electron chi connectivity index (χ0n) is 15.1. The Balaban J connectivity index is 2.04. The maximum Gasteiger partial charge on any atom is 0.188 e. The van der Waals surface area contributed by atoms with Crippen LogP contribution in [0.15, 0.2) is 41.3 Å². The van der Waals surface area contributed by atoms with Crippen molar-refractivity contribution in [3.05, 3.63) is 58.6 Å². The van der Waals surface area contributed by atoms with Crippen molar-refractivity contribution in [1.29, 1.82) is 0 Å². The average molecular weight is 429 g/mol. The molecule has 0 aromatic heterocycles. The van der Waals surface area contributed by atoms with Gasteiger partial charge in [0.1, 0.15) is 10.6 Å². The van der Waals surface area contributed by atoms with E-state index in [1.54, 1.807) is 0 Å². The molecule has 4 nitrogen and oxygen atoms in total. The topological polar surface area (TPSA) is 52.6 Å². The highest BCUT2D eigenvalue weighted by atomic mass is 35.5. The molecule has 1 fully saturated rings. The van der Waals surface area contributed by atoms with Gasteiger partial charge in [-0.3, -0.25) is 0 Å². The van der Waals surface area contributed by atoms with Crippen LogP contribution in [0.2, 0.25) is 5.02 Å². The van der Waals surface area contributed by atoms with E-state index in [0.717, 1.165) is 12.1 Å². The smallest absolute Gasteiger partial charge is 0.188 e. The lowest BCUT2D eigenvalue weighted by Crippen LogP contribution is -2.56. The fraction of sp³-hybridized carbons (Fsp3) is 0.400. The van der Waals surface area contributed by atoms with E-state index in [4.69, 9.17) is 21.1 Å². The molecule has 0 unspecified atom stereocenters. The van der Waals surface area contributed by atoms with Crippen molar-refractivity contribution in [2.75, 3.05) is 13.7 Å². The number of hydrogen-bond acceptors (Lipinski definition) is 4. The van der Waals surface area contributed by atoms with Crippen molar-refractivity contribution in [3.63, 3.8) is 0 Å². The van der Waals surface area contributed by atoms with Crippen molar-refractivity contribution in [1.82, 2.24) is 0 Å². The number of methoxy groups -OCH3 is 1. The minimum atomic E-state index is -4.12. The standard InChI is InChI=1S/C20H19ClF2O4S/c1-26-17-3-2-10-20(28(24,25)13-6-4-12(21)5-7-13)14(17)11-27-19-16(23)9-8-15(22)18(19)20/h4-9,14,17H,2-3,10-11H2,1H3/t14-,17+,20-/m1/s1. The summed E-state index contributed by atoms with van der Waals surface area (Å²) in [5.41, 5.74) is -0.236. The van der Waals surface area contributed by atoms with Crippen molar-refractivity contribution < 1.29 is 26.7 Å². The van der Waals surface area contributed by atoms with Crippen LogP contribution in [0.1, 0.15) is 24.8 Å². The quantitative estimate of drug-likeness (QED) is 0.722. The van der Waals surface area contributed by atoms with E-state index in [1.807, 2.05) is 0 Å². The third-order valence-electron chi connectivity index (χ3n) is 5.88. The molecule has 1 saturated carbocycles. The summed E-state index contributed by atoms with van der Waals surface area (Å²) in [5, 5.41) is 0.385. The first kappa shape index (κ1) is 19.6. The normalized spacial score (nSPS) is 26.9. The van der Waals surface area contributed by atoms with Gasteiger partial charge < -0.3 is 9.47 Å². The summed E-state index contributed by atoms with van der Waals surface area (Å²) in [6.45, 7) is -0.0707. The number of sulfone groups is 1. The second kappa shape index (κ2) is 6.97. The minimum absolute atomic E-state index is 0.00941. The molecule has 2 aromatic rings. The third kappa shape index (κ3) is 2.67. The molecule has 4 rings (SSSR count). The zero-order valence-corrected chi connectivity index (χ0v) is 16.7. The van der Waals surface area contributed by atoms with E-state index in [9.17, 15) is 12.8 Å². The van der Waals surface area contributed by atoms with Crippen molar-refractivity contribution >= 4 is 21.4 Å². The fourth-order valence-electron chi connectivity index (χ4n) is 4.62. The molecule has 150 valence electrons. The molecule has 8 heteroatoms. The fourth-order valence-corrected chi connectivity index (χ4v) is 7.15. The highest BCUT2D eigenvalue weighted by Crippen LogP contribution is 2.56. The Morgan fingerprint density at radius 1 is 1.14 bits per heavy atom. The number of fused-ring (bicyclic) bond motifs is 3. The van der Waals surface area contributed by atoms with Crippen LogP contribution in [0.25, 0.3) is 0 Å². The van der Waals surface area contributed by atoms with Gasteiger partial charge in [0.05, 0.1) is 23.2 Å². The lowest BCUT2D eigenvalue weighted by molar-refractivity contribution is -0.0279. The summed E-state index contributed by atoms with van der Waals surface area (Å²) in [6.07, 6.45) is 0.817. The highest BCUT2D eigenvalue weighted by Gasteiger charge is 2.61. The summed E-state index contributed by atoms with van der Waals surface area (Å²) in [5.74, 6) is -2.57. The first-order valence-electron chi connectivity index (χ1n) is 8.97. The van der Waals surface area contributed by atoms with Crippen LogP contribution in [0.4, 0.5) is 8.78 Å². The van der Waals surface area contributed by atoms with Crippen LogP contribution in [0.3, 0.4) is 0 Å². The number of ether oxygens (including phenoxy) is 2. The van der Waals surface area contributed by atoms with E-state index in [1.165, 1.54) is 31.4 Å². The molecule has 3 atom stereocenters. The van der Waals surface area contributed by atoms with Crippen molar-refractivity contribution in [2.45, 2.75) is 35.0 Å². The summed E-state index contributed by atoms with van der Waals surface area (Å²) in [7, 11) is -2.63. The largest absolute Gasteiger partial charge is 0.490 e. The molecule has 0 N–H and O–H groups in total. The van der Waals surface area contributed by atoms with Crippen LogP contribution in [0, 0.1) is 17.6 Å². The van der Waals surface area contributed by atoms with Gasteiger partial charge in [0.25, 0.3) is 0 Å². The molecular weight excluding hydrogens is 410 g/mol. The molecule has 2 aliphatic rings. The second-order valence-corrected chi connectivity index (χ2v) is 9.81. The maximum atomic E-state index is 15.0. The van der Waals surface area contributed by atoms with Crippen molar-refractivity contribution in [3.8, 4) is 5.75 Å². The van der Waals surface area contributed by atoms with Gasteiger partial charge in [-0.1, -0.05) is 11.6 Å². The van der Waals surface area contributed by atoms with Crippen molar-refractivity contribution in [2.24, 2.45) is 5.92 Å². The lowest BCUT2D eigenvalue weighted by atomic mass is 9.71. The third-order valence-corrected chi connectivity index (χ3v) is 8.69. The van der Waals surface area contributed by atoms with Gasteiger partial charge >= 0.3 is 0 Å². The molecule has 1 aliphatic carbocycles. The Morgan fingerprint density at radius 3 is 2.50 bits per heavy atom. The second-order valence-electron chi connectivity index (χ2n) is 7.16. The lowest BCUT2D eigenvalue weighted by Gasteiger charge is -2.49. The van der Waals surface area contributed by atoms with Gasteiger partial charge in [-0.25, -0.2) is 17.2 Å². The summed E-state index contributed by atoms with van der Waals surface area (Å²) in [4.78, 5) is 0.00941. The van der Waals surface area contributed by atoms with Gasteiger partial charge in [0.15, 0.2) is 21.4 Å². The van der Waals surface area contributed by atoms with E-state index in [0.29, 0.717) is 17.9 Å². The number of halogens is 3. The molecule has 0 amide bonds. The summed E-state index contributed by atoms with van der Waals surface area (Å²) >= 11 is 5.91. The van der Waals surface area contributed by atoms with Gasteiger partial charge in [-0.05, 0) is 55.7 Å². The molecule has 0 spiro atoms. The Bertz CT molecular complexity index is 1010. The molecule has 2 aromatic carbocycles. The van der Waals surface area contributed by atoms with Crippen LogP contribution in [0.5, 0.6) is 5.75 Å². The zero-order chi connectivity index (χ0) is 20.1. The van der Waals surface area contributed by atoms with Crippen LogP contribution in [-0.2, 0) is 19.3 Å². The number of benzene rings is 2.